The molecule has 0 saturated heterocycles. The van der Waals surface area contributed by atoms with E-state index in [2.05, 4.69) is 24.0 Å². The molecule has 3 rings (SSSR count). The summed E-state index contributed by atoms with van der Waals surface area (Å²) in [6.45, 7) is 3.51. The average molecular weight is 390 g/mol. The molecule has 0 radical (unpaired) electrons. The molecule has 0 aliphatic heterocycles. The first-order valence-electron chi connectivity index (χ1n) is 8.39. The van der Waals surface area contributed by atoms with E-state index in [1.165, 1.54) is 5.56 Å². The molecule has 0 unspecified atom stereocenters. The minimum atomic E-state index is 0. The summed E-state index contributed by atoms with van der Waals surface area (Å²) >= 11 is 1.59. The predicted molar refractivity (Wildman–Crippen MR) is 113 cm³/mol. The van der Waals surface area contributed by atoms with Gasteiger partial charge in [0.2, 0.25) is 5.91 Å². The summed E-state index contributed by atoms with van der Waals surface area (Å²) < 4.78 is 1.12. The monoisotopic (exact) mass is 389 g/mol. The SMILES string of the molecule is Cc1ccc2nc(N(CCN(C)C)C(=O)Cc3ccccc3)sc2c1.Cl. The zero-order valence-corrected chi connectivity index (χ0v) is 16.9. The largest absolute Gasteiger partial charge is 0.308 e. The van der Waals surface area contributed by atoms with E-state index in [0.29, 0.717) is 13.0 Å². The maximum Gasteiger partial charge on any atom is 0.233 e. The zero-order valence-electron chi connectivity index (χ0n) is 15.3. The molecule has 6 heteroatoms. The topological polar surface area (TPSA) is 36.4 Å². The molecule has 1 aromatic heterocycles. The smallest absolute Gasteiger partial charge is 0.233 e. The van der Waals surface area contributed by atoms with E-state index in [0.717, 1.165) is 27.5 Å². The van der Waals surface area contributed by atoms with Crippen molar-refractivity contribution in [1.29, 1.82) is 0 Å². The fourth-order valence-electron chi connectivity index (χ4n) is 2.63. The molecule has 26 heavy (non-hydrogen) atoms. The van der Waals surface area contributed by atoms with Crippen LogP contribution in [0.1, 0.15) is 11.1 Å². The standard InChI is InChI=1S/C20H23N3OS.ClH/c1-15-9-10-17-18(13-15)25-20(21-17)23(12-11-22(2)3)19(24)14-16-7-5-4-6-8-16;/h4-10,13H,11-12,14H2,1-3H3;1H. The lowest BCUT2D eigenvalue weighted by molar-refractivity contribution is -0.118. The van der Waals surface area contributed by atoms with Crippen LogP contribution in [-0.4, -0.2) is 43.0 Å². The highest BCUT2D eigenvalue weighted by molar-refractivity contribution is 7.22. The van der Waals surface area contributed by atoms with Gasteiger partial charge in [0.1, 0.15) is 0 Å². The molecule has 2 aromatic carbocycles. The third-order valence-corrected chi connectivity index (χ3v) is 5.07. The zero-order chi connectivity index (χ0) is 17.8. The van der Waals surface area contributed by atoms with Gasteiger partial charge in [-0.05, 0) is 44.3 Å². The van der Waals surface area contributed by atoms with Crippen molar-refractivity contribution < 1.29 is 4.79 Å². The van der Waals surface area contributed by atoms with Gasteiger partial charge in [0, 0.05) is 13.1 Å². The van der Waals surface area contributed by atoms with E-state index in [4.69, 9.17) is 4.98 Å². The molecule has 0 spiro atoms. The Balaban J connectivity index is 0.00000243. The number of halogens is 1. The van der Waals surface area contributed by atoms with Crippen molar-refractivity contribution in [3.05, 3.63) is 59.7 Å². The summed E-state index contributed by atoms with van der Waals surface area (Å²) in [4.78, 5) is 21.6. The number of carbonyl (C=O) groups excluding carboxylic acids is 1. The van der Waals surface area contributed by atoms with Crippen LogP contribution in [0.5, 0.6) is 0 Å². The van der Waals surface area contributed by atoms with Crippen molar-refractivity contribution in [2.45, 2.75) is 13.3 Å². The average Bonchev–Trinajstić information content (AvgIpc) is 2.98. The summed E-state index contributed by atoms with van der Waals surface area (Å²) in [5, 5.41) is 0.781. The Hall–Kier alpha value is -1.95. The second kappa shape index (κ2) is 9.12. The molecule has 4 nitrogen and oxygen atoms in total. The number of amides is 1. The molecule has 0 fully saturated rings. The minimum absolute atomic E-state index is 0. The molecule has 0 aliphatic rings. The summed E-state index contributed by atoms with van der Waals surface area (Å²) in [6.07, 6.45) is 0.392. The number of anilines is 1. The molecule has 1 amide bonds. The van der Waals surface area contributed by atoms with Gasteiger partial charge in [-0.1, -0.05) is 47.7 Å². The first kappa shape index (κ1) is 20.4. The number of fused-ring (bicyclic) bond motifs is 1. The third kappa shape index (κ3) is 5.04. The van der Waals surface area contributed by atoms with Gasteiger partial charge in [-0.25, -0.2) is 4.98 Å². The summed E-state index contributed by atoms with van der Waals surface area (Å²) in [7, 11) is 4.03. The van der Waals surface area contributed by atoms with Crippen LogP contribution in [0.15, 0.2) is 48.5 Å². The van der Waals surface area contributed by atoms with Crippen LogP contribution in [0.25, 0.3) is 10.2 Å². The first-order chi connectivity index (χ1) is 12.0. The Kier molecular flexibility index (Phi) is 7.14. The van der Waals surface area contributed by atoms with E-state index in [1.807, 2.05) is 55.4 Å². The number of nitrogens with zero attached hydrogens (tertiary/aromatic N) is 3. The normalized spacial score (nSPS) is 10.8. The number of rotatable bonds is 6. The van der Waals surface area contributed by atoms with Crippen molar-refractivity contribution in [3.63, 3.8) is 0 Å². The van der Waals surface area contributed by atoms with Crippen molar-refractivity contribution >= 4 is 45.0 Å². The second-order valence-corrected chi connectivity index (χ2v) is 7.49. The fourth-order valence-corrected chi connectivity index (χ4v) is 3.74. The summed E-state index contributed by atoms with van der Waals surface area (Å²) in [6, 6.07) is 16.1. The molecule has 0 atom stereocenters. The Labute approximate surface area is 164 Å². The van der Waals surface area contributed by atoms with E-state index in [1.54, 1.807) is 11.3 Å². The van der Waals surface area contributed by atoms with Crippen LogP contribution in [-0.2, 0) is 11.2 Å². The third-order valence-electron chi connectivity index (χ3n) is 4.03. The fraction of sp³-hybridized carbons (Fsp3) is 0.300. The van der Waals surface area contributed by atoms with E-state index < -0.39 is 0 Å². The Morgan fingerprint density at radius 3 is 2.50 bits per heavy atom. The van der Waals surface area contributed by atoms with Gasteiger partial charge in [0.25, 0.3) is 0 Å². The van der Waals surface area contributed by atoms with Gasteiger partial charge in [-0.15, -0.1) is 12.4 Å². The molecule has 1 heterocycles. The number of hydrogen-bond acceptors (Lipinski definition) is 4. The molecule has 0 bridgehead atoms. The quantitative estimate of drug-likeness (QED) is 0.635. The van der Waals surface area contributed by atoms with Gasteiger partial charge < -0.3 is 4.90 Å². The van der Waals surface area contributed by atoms with Gasteiger partial charge in [0.05, 0.1) is 16.6 Å². The van der Waals surface area contributed by atoms with Crippen LogP contribution in [0.3, 0.4) is 0 Å². The van der Waals surface area contributed by atoms with Gasteiger partial charge in [-0.2, -0.15) is 0 Å². The van der Waals surface area contributed by atoms with Gasteiger partial charge >= 0.3 is 0 Å². The van der Waals surface area contributed by atoms with Crippen LogP contribution in [0, 0.1) is 6.92 Å². The minimum Gasteiger partial charge on any atom is -0.308 e. The highest BCUT2D eigenvalue weighted by Gasteiger charge is 2.20. The van der Waals surface area contributed by atoms with Crippen LogP contribution < -0.4 is 4.90 Å². The summed E-state index contributed by atoms with van der Waals surface area (Å²) in [5.41, 5.74) is 3.19. The highest BCUT2D eigenvalue weighted by Crippen LogP contribution is 2.29. The number of likely N-dealkylation sites (N-methyl/N-ethyl adjacent to an activating group) is 1. The second-order valence-electron chi connectivity index (χ2n) is 6.48. The maximum absolute atomic E-state index is 12.9. The van der Waals surface area contributed by atoms with Crippen molar-refractivity contribution in [2.24, 2.45) is 0 Å². The number of hydrogen-bond donors (Lipinski definition) is 0. The Morgan fingerprint density at radius 1 is 1.08 bits per heavy atom. The Morgan fingerprint density at radius 2 is 1.81 bits per heavy atom. The molecule has 3 aromatic rings. The highest BCUT2D eigenvalue weighted by atomic mass is 35.5. The number of aryl methyl sites for hydroxylation is 1. The lowest BCUT2D eigenvalue weighted by atomic mass is 10.1. The molecular weight excluding hydrogens is 366 g/mol. The van der Waals surface area contributed by atoms with E-state index in [9.17, 15) is 4.79 Å². The van der Waals surface area contributed by atoms with Crippen LogP contribution in [0.2, 0.25) is 0 Å². The van der Waals surface area contributed by atoms with Gasteiger partial charge in [0.15, 0.2) is 5.13 Å². The maximum atomic E-state index is 12.9. The molecule has 0 saturated carbocycles. The first-order valence-corrected chi connectivity index (χ1v) is 9.21. The van der Waals surface area contributed by atoms with Crippen LogP contribution in [0.4, 0.5) is 5.13 Å². The predicted octanol–water partition coefficient (Wildman–Crippen LogP) is 4.16. The molecule has 138 valence electrons. The van der Waals surface area contributed by atoms with Crippen molar-refractivity contribution in [1.82, 2.24) is 9.88 Å². The van der Waals surface area contributed by atoms with Crippen molar-refractivity contribution in [2.75, 3.05) is 32.1 Å². The number of aromatic nitrogens is 1. The lowest BCUT2D eigenvalue weighted by Crippen LogP contribution is -2.37. The molecular formula is C20H24ClN3OS. The Bertz CT molecular complexity index is 864. The number of benzene rings is 2. The molecule has 0 aliphatic carbocycles. The number of thiazole rings is 1. The lowest BCUT2D eigenvalue weighted by Gasteiger charge is -2.22. The van der Waals surface area contributed by atoms with Gasteiger partial charge in [-0.3, -0.25) is 9.69 Å². The van der Waals surface area contributed by atoms with E-state index >= 15 is 0 Å². The van der Waals surface area contributed by atoms with Crippen molar-refractivity contribution in [3.8, 4) is 0 Å². The van der Waals surface area contributed by atoms with E-state index in [-0.39, 0.29) is 18.3 Å². The molecule has 0 N–H and O–H groups in total. The summed E-state index contributed by atoms with van der Waals surface area (Å²) in [5.74, 6) is 0.0869. The van der Waals surface area contributed by atoms with Crippen LogP contribution >= 0.6 is 23.7 Å². The number of carbonyl (C=O) groups is 1.